The summed E-state index contributed by atoms with van der Waals surface area (Å²) in [7, 11) is 2.40. The van der Waals surface area contributed by atoms with Crippen molar-refractivity contribution in [3.05, 3.63) is 0 Å². The molecule has 0 aromatic carbocycles. The van der Waals surface area contributed by atoms with E-state index in [1.54, 1.807) is 19.3 Å². The minimum Gasteiger partial charge on any atom is -0.116 e. The van der Waals surface area contributed by atoms with Gasteiger partial charge in [-0.15, -0.1) is 17.2 Å². The fraction of sp³-hybridized carbons (Fsp3) is 1.00. The lowest BCUT2D eigenvalue weighted by molar-refractivity contribution is 0.155. The molecule has 1 saturated carbocycles. The van der Waals surface area contributed by atoms with Crippen molar-refractivity contribution in [2.45, 2.75) is 122 Å². The van der Waals surface area contributed by atoms with E-state index in [-0.39, 0.29) is 0 Å². The van der Waals surface area contributed by atoms with E-state index in [1.165, 1.54) is 55.7 Å². The van der Waals surface area contributed by atoms with Gasteiger partial charge >= 0.3 is 0 Å². The Morgan fingerprint density at radius 1 is 0.818 bits per heavy atom. The molecule has 0 spiro atoms. The third-order valence-electron chi connectivity index (χ3n) is 5.19. The van der Waals surface area contributed by atoms with Crippen LogP contribution < -0.4 is 0 Å². The van der Waals surface area contributed by atoms with Crippen LogP contribution in [0.5, 0.6) is 0 Å². The van der Waals surface area contributed by atoms with Gasteiger partial charge in [0.05, 0.1) is 0 Å². The molecule has 1 rings (SSSR count). The van der Waals surface area contributed by atoms with Crippen molar-refractivity contribution >= 4 is 17.2 Å². The average Bonchev–Trinajstić information content (AvgIpc) is 2.41. The van der Waals surface area contributed by atoms with Gasteiger partial charge in [0.25, 0.3) is 0 Å². The van der Waals surface area contributed by atoms with E-state index in [0.29, 0.717) is 5.41 Å². The SMILES string of the molecule is CCCCC1(CCCC)CC(PC(C)C)CC(PC(C)C)C1. The maximum atomic E-state index is 2.44. The number of rotatable bonds is 10. The van der Waals surface area contributed by atoms with Gasteiger partial charge in [0.15, 0.2) is 0 Å². The second-order valence-corrected chi connectivity index (χ2v) is 13.0. The first-order valence-electron chi connectivity index (χ1n) is 9.93. The van der Waals surface area contributed by atoms with Gasteiger partial charge in [0.2, 0.25) is 0 Å². The highest BCUT2D eigenvalue weighted by molar-refractivity contribution is 7.41. The third kappa shape index (κ3) is 7.62. The summed E-state index contributed by atoms with van der Waals surface area (Å²) >= 11 is 0. The molecule has 132 valence electrons. The predicted molar refractivity (Wildman–Crippen MR) is 110 cm³/mol. The van der Waals surface area contributed by atoms with E-state index >= 15 is 0 Å². The van der Waals surface area contributed by atoms with E-state index in [0.717, 1.165) is 22.6 Å². The van der Waals surface area contributed by atoms with Crippen LogP contribution in [0.2, 0.25) is 0 Å². The van der Waals surface area contributed by atoms with E-state index in [9.17, 15) is 0 Å². The zero-order valence-electron chi connectivity index (χ0n) is 16.2. The number of unbranched alkanes of at least 4 members (excludes halogenated alkanes) is 2. The van der Waals surface area contributed by atoms with Crippen LogP contribution in [0.15, 0.2) is 0 Å². The summed E-state index contributed by atoms with van der Waals surface area (Å²) in [5.41, 5.74) is 4.60. The highest BCUT2D eigenvalue weighted by Crippen LogP contribution is 2.54. The fourth-order valence-corrected chi connectivity index (χ4v) is 8.54. The van der Waals surface area contributed by atoms with E-state index < -0.39 is 0 Å². The van der Waals surface area contributed by atoms with Crippen LogP contribution in [-0.2, 0) is 0 Å². The van der Waals surface area contributed by atoms with Gasteiger partial charge in [-0.05, 0) is 60.2 Å². The second kappa shape index (κ2) is 10.7. The molecule has 0 aromatic heterocycles. The van der Waals surface area contributed by atoms with E-state index in [4.69, 9.17) is 0 Å². The highest BCUT2D eigenvalue weighted by Gasteiger charge is 2.39. The molecule has 4 atom stereocenters. The first kappa shape index (κ1) is 20.9. The lowest BCUT2D eigenvalue weighted by Crippen LogP contribution is -2.36. The maximum absolute atomic E-state index is 2.44. The van der Waals surface area contributed by atoms with Crippen molar-refractivity contribution in [2.75, 3.05) is 0 Å². The molecule has 0 radical (unpaired) electrons. The summed E-state index contributed by atoms with van der Waals surface area (Å²) in [6, 6.07) is 0. The molecule has 22 heavy (non-hydrogen) atoms. The van der Waals surface area contributed by atoms with E-state index in [2.05, 4.69) is 41.5 Å². The molecular weight excluding hydrogens is 302 g/mol. The Morgan fingerprint density at radius 3 is 1.55 bits per heavy atom. The lowest BCUT2D eigenvalue weighted by Gasteiger charge is -2.46. The second-order valence-electron chi connectivity index (χ2n) is 8.39. The van der Waals surface area contributed by atoms with Gasteiger partial charge in [-0.2, -0.15) is 0 Å². The summed E-state index contributed by atoms with van der Waals surface area (Å²) < 4.78 is 0. The summed E-state index contributed by atoms with van der Waals surface area (Å²) in [6.45, 7) is 14.5. The van der Waals surface area contributed by atoms with Crippen molar-refractivity contribution in [1.82, 2.24) is 0 Å². The van der Waals surface area contributed by atoms with Gasteiger partial charge in [-0.25, -0.2) is 0 Å². The van der Waals surface area contributed by atoms with E-state index in [1.807, 2.05) is 0 Å². The van der Waals surface area contributed by atoms with Crippen LogP contribution in [0.1, 0.15) is 99.3 Å². The van der Waals surface area contributed by atoms with Gasteiger partial charge in [0.1, 0.15) is 0 Å². The Morgan fingerprint density at radius 2 is 1.23 bits per heavy atom. The Labute approximate surface area is 144 Å². The van der Waals surface area contributed by atoms with Crippen molar-refractivity contribution < 1.29 is 0 Å². The molecule has 0 N–H and O–H groups in total. The molecular formula is C20H42P2. The summed E-state index contributed by atoms with van der Waals surface area (Å²) in [5.74, 6) is 0. The molecule has 1 fully saturated rings. The molecule has 0 nitrogen and oxygen atoms in total. The van der Waals surface area contributed by atoms with Gasteiger partial charge < -0.3 is 0 Å². The smallest absolute Gasteiger partial charge is 0.0223 e. The van der Waals surface area contributed by atoms with Crippen LogP contribution >= 0.6 is 17.2 Å². The summed E-state index contributed by atoms with van der Waals surface area (Å²) in [5, 5.41) is 0. The first-order valence-corrected chi connectivity index (χ1v) is 12.2. The quantitative estimate of drug-likeness (QED) is 0.361. The molecule has 0 aromatic rings. The van der Waals surface area contributed by atoms with Crippen LogP contribution in [0.3, 0.4) is 0 Å². The minimum atomic E-state index is 0.712. The Hall–Kier alpha value is 0.860. The number of hydrogen-bond acceptors (Lipinski definition) is 0. The third-order valence-corrected chi connectivity index (χ3v) is 8.34. The fourth-order valence-electron chi connectivity index (χ4n) is 4.47. The molecule has 1 aliphatic carbocycles. The van der Waals surface area contributed by atoms with Gasteiger partial charge in [0, 0.05) is 0 Å². The monoisotopic (exact) mass is 344 g/mol. The summed E-state index contributed by atoms with van der Waals surface area (Å²) in [4.78, 5) is 0. The molecule has 0 aliphatic heterocycles. The highest BCUT2D eigenvalue weighted by atomic mass is 31.1. The zero-order chi connectivity index (χ0) is 16.6. The largest absolute Gasteiger partial charge is 0.116 e. The maximum Gasteiger partial charge on any atom is -0.0223 e. The molecule has 0 amide bonds. The standard InChI is InChI=1S/C20H42P2/c1-7-9-11-20(12-10-8-2)14-18(21-16(3)4)13-19(15-20)22-17(5)6/h16-19,21-22H,7-15H2,1-6H3. The molecule has 2 heteroatoms. The van der Waals surface area contributed by atoms with Gasteiger partial charge in [-0.1, -0.05) is 67.2 Å². The molecule has 1 aliphatic rings. The van der Waals surface area contributed by atoms with Crippen molar-refractivity contribution in [1.29, 1.82) is 0 Å². The van der Waals surface area contributed by atoms with Crippen LogP contribution in [-0.4, -0.2) is 22.6 Å². The zero-order valence-corrected chi connectivity index (χ0v) is 18.2. The Kier molecular flexibility index (Phi) is 10.1. The van der Waals surface area contributed by atoms with Crippen molar-refractivity contribution in [3.8, 4) is 0 Å². The van der Waals surface area contributed by atoms with Crippen LogP contribution in [0.25, 0.3) is 0 Å². The topological polar surface area (TPSA) is 0 Å². The summed E-state index contributed by atoms with van der Waals surface area (Å²) in [6.07, 6.45) is 13.4. The minimum absolute atomic E-state index is 0.712. The van der Waals surface area contributed by atoms with Crippen molar-refractivity contribution in [2.24, 2.45) is 5.41 Å². The molecule has 0 bridgehead atoms. The molecule has 4 unspecified atom stereocenters. The first-order chi connectivity index (χ1) is 10.4. The van der Waals surface area contributed by atoms with Crippen molar-refractivity contribution in [3.63, 3.8) is 0 Å². The number of hydrogen-bond donors (Lipinski definition) is 0. The normalized spacial score (nSPS) is 26.2. The van der Waals surface area contributed by atoms with Crippen LogP contribution in [0.4, 0.5) is 0 Å². The molecule has 0 saturated heterocycles. The van der Waals surface area contributed by atoms with Gasteiger partial charge in [-0.3, -0.25) is 0 Å². The Bertz CT molecular complexity index is 257. The Balaban J connectivity index is 2.83. The predicted octanol–water partition coefficient (Wildman–Crippen LogP) is 7.45. The lowest BCUT2D eigenvalue weighted by atomic mass is 9.67. The molecule has 0 heterocycles. The van der Waals surface area contributed by atoms with Crippen LogP contribution in [0, 0.1) is 5.41 Å². The average molecular weight is 345 g/mol.